The third-order valence-electron chi connectivity index (χ3n) is 5.40. The maximum atomic E-state index is 11.3. The molecule has 6 heteroatoms. The lowest BCUT2D eigenvalue weighted by molar-refractivity contribution is -0.145. The van der Waals surface area contributed by atoms with Gasteiger partial charge in [0, 0.05) is 17.6 Å². The molecule has 0 aromatic heterocycles. The predicted octanol–water partition coefficient (Wildman–Crippen LogP) is 4.15. The molecular formula is C23H28ClNO4. The van der Waals surface area contributed by atoms with Crippen LogP contribution in [0.5, 0.6) is 5.75 Å². The number of halogens is 1. The summed E-state index contributed by atoms with van der Waals surface area (Å²) in [6, 6.07) is 13.4. The van der Waals surface area contributed by atoms with Gasteiger partial charge in [0.15, 0.2) is 6.10 Å². The molecule has 2 aromatic rings. The van der Waals surface area contributed by atoms with Gasteiger partial charge in [0.2, 0.25) is 0 Å². The molecule has 1 aliphatic carbocycles. The van der Waals surface area contributed by atoms with Crippen LogP contribution in [0.2, 0.25) is 5.02 Å². The largest absolute Gasteiger partial charge is 0.479 e. The predicted molar refractivity (Wildman–Crippen MR) is 114 cm³/mol. The van der Waals surface area contributed by atoms with E-state index in [-0.39, 0.29) is 6.04 Å². The first-order chi connectivity index (χ1) is 14.0. The standard InChI is InChI=1S/C23H28ClNO4/c1-2-22(23(27)28)29-20-10-9-15-5-4-8-19(12-17(15)13-20)25-14-21(26)16-6-3-7-18(24)11-16/h3,6-7,9-11,13,19,21-22,25-26H,2,4-5,8,12,14H2,1H3,(H,27,28)/t19-,21-,22?/m0/s1. The quantitative estimate of drug-likeness (QED) is 0.562. The molecule has 2 aromatic carbocycles. The van der Waals surface area contributed by atoms with Crippen LogP contribution in [0.25, 0.3) is 0 Å². The first-order valence-corrected chi connectivity index (χ1v) is 10.5. The minimum atomic E-state index is -0.947. The normalized spacial score (nSPS) is 18.4. The second-order valence-corrected chi connectivity index (χ2v) is 7.99. The fraction of sp³-hybridized carbons (Fsp3) is 0.435. The Kier molecular flexibility index (Phi) is 7.53. The Hall–Kier alpha value is -2.08. The van der Waals surface area contributed by atoms with E-state index >= 15 is 0 Å². The van der Waals surface area contributed by atoms with Crippen LogP contribution >= 0.6 is 11.6 Å². The van der Waals surface area contributed by atoms with Gasteiger partial charge >= 0.3 is 5.97 Å². The number of carbonyl (C=O) groups is 1. The number of hydrogen-bond donors (Lipinski definition) is 3. The monoisotopic (exact) mass is 417 g/mol. The van der Waals surface area contributed by atoms with Crippen molar-refractivity contribution in [3.63, 3.8) is 0 Å². The van der Waals surface area contributed by atoms with E-state index in [4.69, 9.17) is 16.3 Å². The minimum Gasteiger partial charge on any atom is -0.479 e. The lowest BCUT2D eigenvalue weighted by Gasteiger charge is -2.20. The van der Waals surface area contributed by atoms with Crippen LogP contribution in [-0.4, -0.2) is 34.9 Å². The van der Waals surface area contributed by atoms with E-state index in [1.54, 1.807) is 19.1 Å². The summed E-state index contributed by atoms with van der Waals surface area (Å²) in [6.45, 7) is 2.25. The number of aliphatic hydroxyl groups is 1. The van der Waals surface area contributed by atoms with Gasteiger partial charge in [0.1, 0.15) is 5.75 Å². The van der Waals surface area contributed by atoms with Gasteiger partial charge in [0.25, 0.3) is 0 Å². The van der Waals surface area contributed by atoms with Crippen LogP contribution in [0.3, 0.4) is 0 Å². The van der Waals surface area contributed by atoms with Gasteiger partial charge in [-0.15, -0.1) is 0 Å². The molecule has 29 heavy (non-hydrogen) atoms. The summed E-state index contributed by atoms with van der Waals surface area (Å²) in [5, 5.41) is 23.8. The molecular weight excluding hydrogens is 390 g/mol. The molecule has 5 nitrogen and oxygen atoms in total. The third-order valence-corrected chi connectivity index (χ3v) is 5.64. The molecule has 0 aliphatic heterocycles. The van der Waals surface area contributed by atoms with Crippen LogP contribution in [0, 0.1) is 0 Å². The molecule has 3 atom stereocenters. The lowest BCUT2D eigenvalue weighted by atomic mass is 10.0. The molecule has 0 bridgehead atoms. The average Bonchev–Trinajstić information content (AvgIpc) is 2.91. The summed E-state index contributed by atoms with van der Waals surface area (Å²) < 4.78 is 5.66. The van der Waals surface area contributed by atoms with Gasteiger partial charge < -0.3 is 20.3 Å². The molecule has 156 valence electrons. The smallest absolute Gasteiger partial charge is 0.344 e. The highest BCUT2D eigenvalue weighted by atomic mass is 35.5. The molecule has 3 N–H and O–H groups in total. The van der Waals surface area contributed by atoms with E-state index in [1.165, 1.54) is 11.1 Å². The van der Waals surface area contributed by atoms with Crippen LogP contribution in [0.15, 0.2) is 42.5 Å². The molecule has 0 saturated carbocycles. The first kappa shape index (κ1) is 21.6. The van der Waals surface area contributed by atoms with Gasteiger partial charge in [-0.3, -0.25) is 0 Å². The van der Waals surface area contributed by atoms with Crippen molar-refractivity contribution in [1.29, 1.82) is 0 Å². The Morgan fingerprint density at radius 3 is 2.83 bits per heavy atom. The van der Waals surface area contributed by atoms with Gasteiger partial charge in [-0.25, -0.2) is 4.79 Å². The molecule has 0 saturated heterocycles. The van der Waals surface area contributed by atoms with Crippen molar-refractivity contribution in [2.45, 2.75) is 57.3 Å². The van der Waals surface area contributed by atoms with Gasteiger partial charge in [-0.2, -0.15) is 0 Å². The second kappa shape index (κ2) is 10.1. The highest BCUT2D eigenvalue weighted by molar-refractivity contribution is 6.30. The molecule has 0 heterocycles. The Labute approximate surface area is 176 Å². The van der Waals surface area contributed by atoms with Crippen molar-refractivity contribution in [3.8, 4) is 5.75 Å². The SMILES string of the molecule is CCC(Oc1ccc2c(c1)C[C@@H](NC[C@H](O)c1cccc(Cl)c1)CCC2)C(=O)O. The van der Waals surface area contributed by atoms with E-state index in [0.29, 0.717) is 23.7 Å². The molecule has 1 aliphatic rings. The Morgan fingerprint density at radius 1 is 1.28 bits per heavy atom. The fourth-order valence-electron chi connectivity index (χ4n) is 3.77. The molecule has 3 rings (SSSR count). The van der Waals surface area contributed by atoms with E-state index in [0.717, 1.165) is 31.2 Å². The number of nitrogens with one attached hydrogen (secondary N) is 1. The van der Waals surface area contributed by atoms with E-state index < -0.39 is 18.2 Å². The lowest BCUT2D eigenvalue weighted by Crippen LogP contribution is -2.34. The van der Waals surface area contributed by atoms with Crippen molar-refractivity contribution in [3.05, 3.63) is 64.2 Å². The summed E-state index contributed by atoms with van der Waals surface area (Å²) in [7, 11) is 0. The number of rotatable bonds is 8. The Bertz CT molecular complexity index is 841. The molecule has 0 fully saturated rings. The zero-order valence-electron chi connectivity index (χ0n) is 16.6. The van der Waals surface area contributed by atoms with Crippen molar-refractivity contribution in [2.24, 2.45) is 0 Å². The summed E-state index contributed by atoms with van der Waals surface area (Å²) in [5.74, 6) is -0.352. The van der Waals surface area contributed by atoms with Crippen molar-refractivity contribution < 1.29 is 19.7 Å². The van der Waals surface area contributed by atoms with E-state index in [9.17, 15) is 15.0 Å². The number of hydrogen-bond acceptors (Lipinski definition) is 4. The van der Waals surface area contributed by atoms with E-state index in [1.807, 2.05) is 30.3 Å². The van der Waals surface area contributed by atoms with Crippen molar-refractivity contribution in [2.75, 3.05) is 6.54 Å². The van der Waals surface area contributed by atoms with E-state index in [2.05, 4.69) is 5.32 Å². The number of benzene rings is 2. The van der Waals surface area contributed by atoms with Gasteiger partial charge in [0.05, 0.1) is 6.10 Å². The highest BCUT2D eigenvalue weighted by Crippen LogP contribution is 2.26. The Morgan fingerprint density at radius 2 is 2.10 bits per heavy atom. The second-order valence-electron chi connectivity index (χ2n) is 7.56. The molecule has 0 radical (unpaired) electrons. The topological polar surface area (TPSA) is 78.8 Å². The van der Waals surface area contributed by atoms with Gasteiger partial charge in [-0.1, -0.05) is 36.7 Å². The van der Waals surface area contributed by atoms with Crippen LogP contribution in [0.1, 0.15) is 49.0 Å². The number of ether oxygens (including phenoxy) is 1. The summed E-state index contributed by atoms with van der Waals surface area (Å²) in [4.78, 5) is 11.3. The zero-order chi connectivity index (χ0) is 20.8. The Balaban J connectivity index is 1.64. The fourth-order valence-corrected chi connectivity index (χ4v) is 3.97. The number of aliphatic carboxylic acids is 1. The number of aryl methyl sites for hydroxylation is 1. The molecule has 1 unspecified atom stereocenters. The zero-order valence-corrected chi connectivity index (χ0v) is 17.4. The number of carboxylic acid groups (broad SMARTS) is 1. The van der Waals surface area contributed by atoms with Crippen LogP contribution in [-0.2, 0) is 17.6 Å². The van der Waals surface area contributed by atoms with Crippen molar-refractivity contribution in [1.82, 2.24) is 5.32 Å². The highest BCUT2D eigenvalue weighted by Gasteiger charge is 2.21. The van der Waals surface area contributed by atoms with Crippen molar-refractivity contribution >= 4 is 17.6 Å². The summed E-state index contributed by atoms with van der Waals surface area (Å²) in [6.07, 6.45) is 2.84. The number of carboxylic acids is 1. The average molecular weight is 418 g/mol. The molecule has 0 spiro atoms. The maximum absolute atomic E-state index is 11.3. The third kappa shape index (κ3) is 5.95. The summed E-state index contributed by atoms with van der Waals surface area (Å²) >= 11 is 6.02. The van der Waals surface area contributed by atoms with Gasteiger partial charge in [-0.05, 0) is 73.1 Å². The maximum Gasteiger partial charge on any atom is 0.344 e. The number of aliphatic hydroxyl groups excluding tert-OH is 1. The molecule has 0 amide bonds. The first-order valence-electron chi connectivity index (χ1n) is 10.1. The minimum absolute atomic E-state index is 0.238. The number of fused-ring (bicyclic) bond motifs is 1. The summed E-state index contributed by atoms with van der Waals surface area (Å²) in [5.41, 5.74) is 3.25. The van der Waals surface area contributed by atoms with Crippen LogP contribution in [0.4, 0.5) is 0 Å². The van der Waals surface area contributed by atoms with Crippen LogP contribution < -0.4 is 10.1 Å².